The number of anilines is 2. The zero-order valence-corrected chi connectivity index (χ0v) is 13.5. The molecule has 1 amide bonds. The summed E-state index contributed by atoms with van der Waals surface area (Å²) in [6.45, 7) is 9.61. The Bertz CT molecular complexity index is 519. The lowest BCUT2D eigenvalue weighted by atomic mass is 9.99. The van der Waals surface area contributed by atoms with Gasteiger partial charge >= 0.3 is 0 Å². The second kappa shape index (κ2) is 6.50. The third-order valence-electron chi connectivity index (χ3n) is 4.68. The summed E-state index contributed by atoms with van der Waals surface area (Å²) in [5.74, 6) is 2.67. The lowest BCUT2D eigenvalue weighted by Gasteiger charge is -2.34. The summed E-state index contributed by atoms with van der Waals surface area (Å²) in [5, 5.41) is 0. The first-order chi connectivity index (χ1) is 10.7. The quantitative estimate of drug-likeness (QED) is 0.788. The van der Waals surface area contributed by atoms with E-state index in [1.54, 1.807) is 4.90 Å². The third-order valence-corrected chi connectivity index (χ3v) is 4.68. The van der Waals surface area contributed by atoms with Crippen molar-refractivity contribution in [1.82, 2.24) is 14.9 Å². The van der Waals surface area contributed by atoms with E-state index in [4.69, 9.17) is 4.98 Å². The minimum atomic E-state index is 0.747. The molecule has 1 aromatic heterocycles. The van der Waals surface area contributed by atoms with E-state index in [2.05, 4.69) is 27.8 Å². The minimum Gasteiger partial charge on any atom is -0.356 e. The molecule has 0 spiro atoms. The Labute approximate surface area is 132 Å². The van der Waals surface area contributed by atoms with E-state index in [0.29, 0.717) is 0 Å². The predicted molar refractivity (Wildman–Crippen MR) is 87.2 cm³/mol. The molecule has 2 fully saturated rings. The van der Waals surface area contributed by atoms with E-state index >= 15 is 0 Å². The van der Waals surface area contributed by atoms with Crippen LogP contribution < -0.4 is 9.80 Å². The van der Waals surface area contributed by atoms with Crippen LogP contribution in [0.25, 0.3) is 0 Å². The number of aromatic nitrogens is 2. The van der Waals surface area contributed by atoms with Gasteiger partial charge in [-0.3, -0.25) is 4.79 Å². The molecule has 3 heterocycles. The van der Waals surface area contributed by atoms with Gasteiger partial charge in [-0.15, -0.1) is 0 Å². The maximum absolute atomic E-state index is 10.8. The number of piperidine rings is 1. The van der Waals surface area contributed by atoms with E-state index < -0.39 is 0 Å². The van der Waals surface area contributed by atoms with Crippen molar-refractivity contribution in [2.75, 3.05) is 49.1 Å². The molecule has 2 aliphatic rings. The summed E-state index contributed by atoms with van der Waals surface area (Å²) in [7, 11) is 0. The largest absolute Gasteiger partial charge is 0.356 e. The number of carbonyl (C=O) groups excluding carboxylic acids is 1. The minimum absolute atomic E-state index is 0.747. The van der Waals surface area contributed by atoms with Crippen molar-refractivity contribution in [2.24, 2.45) is 5.92 Å². The van der Waals surface area contributed by atoms with Crippen molar-refractivity contribution >= 4 is 18.2 Å². The van der Waals surface area contributed by atoms with Crippen molar-refractivity contribution in [3.8, 4) is 0 Å². The molecule has 2 aliphatic heterocycles. The van der Waals surface area contributed by atoms with Crippen LogP contribution in [0.2, 0.25) is 0 Å². The van der Waals surface area contributed by atoms with Gasteiger partial charge in [0.25, 0.3) is 0 Å². The number of amides is 1. The molecule has 2 saturated heterocycles. The van der Waals surface area contributed by atoms with Crippen LogP contribution in [-0.2, 0) is 4.79 Å². The molecule has 120 valence electrons. The Hall–Kier alpha value is -1.85. The fraction of sp³-hybridized carbons (Fsp3) is 0.688. The molecule has 3 rings (SSSR count). The number of hydrogen-bond acceptors (Lipinski definition) is 5. The van der Waals surface area contributed by atoms with Crippen LogP contribution in [0.1, 0.15) is 25.5 Å². The van der Waals surface area contributed by atoms with Crippen molar-refractivity contribution in [3.63, 3.8) is 0 Å². The smallest absolute Gasteiger partial charge is 0.227 e. The molecular weight excluding hydrogens is 278 g/mol. The molecule has 0 saturated carbocycles. The molecule has 6 heteroatoms. The molecule has 6 nitrogen and oxygen atoms in total. The highest BCUT2D eigenvalue weighted by atomic mass is 16.1. The fourth-order valence-corrected chi connectivity index (χ4v) is 3.11. The maximum atomic E-state index is 10.8. The van der Waals surface area contributed by atoms with E-state index in [9.17, 15) is 4.79 Å². The summed E-state index contributed by atoms with van der Waals surface area (Å²) >= 11 is 0. The highest BCUT2D eigenvalue weighted by molar-refractivity contribution is 5.50. The molecule has 1 aromatic rings. The Balaban J connectivity index is 1.74. The second-order valence-corrected chi connectivity index (χ2v) is 6.47. The number of nitrogens with zero attached hydrogens (tertiary/aromatic N) is 5. The molecule has 0 unspecified atom stereocenters. The molecule has 0 N–H and O–H groups in total. The van der Waals surface area contributed by atoms with E-state index in [1.807, 2.05) is 6.92 Å². The number of rotatable bonds is 3. The summed E-state index contributed by atoms with van der Waals surface area (Å²) in [6, 6.07) is 2.08. The monoisotopic (exact) mass is 303 g/mol. The highest BCUT2D eigenvalue weighted by Gasteiger charge is 2.21. The number of piperazine rings is 1. The molecule has 0 aliphatic carbocycles. The van der Waals surface area contributed by atoms with Gasteiger partial charge in [-0.25, -0.2) is 4.98 Å². The van der Waals surface area contributed by atoms with Gasteiger partial charge in [0.1, 0.15) is 5.82 Å². The first kappa shape index (κ1) is 15.1. The Morgan fingerprint density at radius 3 is 2.36 bits per heavy atom. The molecule has 0 bridgehead atoms. The van der Waals surface area contributed by atoms with Gasteiger partial charge < -0.3 is 14.7 Å². The number of hydrogen-bond donors (Lipinski definition) is 0. The van der Waals surface area contributed by atoms with Gasteiger partial charge in [0.15, 0.2) is 0 Å². The molecule has 0 radical (unpaired) electrons. The predicted octanol–water partition coefficient (Wildman–Crippen LogP) is 1.30. The highest BCUT2D eigenvalue weighted by Crippen LogP contribution is 2.24. The summed E-state index contributed by atoms with van der Waals surface area (Å²) < 4.78 is 0. The van der Waals surface area contributed by atoms with Gasteiger partial charge in [0, 0.05) is 51.0 Å². The van der Waals surface area contributed by atoms with Crippen LogP contribution in [0, 0.1) is 12.8 Å². The zero-order chi connectivity index (χ0) is 15.5. The van der Waals surface area contributed by atoms with Crippen molar-refractivity contribution in [1.29, 1.82) is 0 Å². The van der Waals surface area contributed by atoms with Crippen molar-refractivity contribution in [2.45, 2.75) is 26.7 Å². The number of aryl methyl sites for hydroxylation is 1. The average Bonchev–Trinajstić information content (AvgIpc) is 2.55. The van der Waals surface area contributed by atoms with Crippen LogP contribution in [-0.4, -0.2) is 60.5 Å². The summed E-state index contributed by atoms with van der Waals surface area (Å²) in [4.78, 5) is 26.6. The van der Waals surface area contributed by atoms with Gasteiger partial charge in [-0.1, -0.05) is 6.92 Å². The third kappa shape index (κ3) is 3.31. The molecule has 0 aromatic carbocycles. The number of carbonyl (C=O) groups is 1. The van der Waals surface area contributed by atoms with Crippen LogP contribution in [0.15, 0.2) is 6.07 Å². The van der Waals surface area contributed by atoms with E-state index in [-0.39, 0.29) is 0 Å². The Kier molecular flexibility index (Phi) is 4.45. The van der Waals surface area contributed by atoms with Crippen molar-refractivity contribution in [3.05, 3.63) is 11.8 Å². The normalized spacial score (nSPS) is 20.4. The summed E-state index contributed by atoms with van der Waals surface area (Å²) in [6.07, 6.45) is 3.39. The Morgan fingerprint density at radius 2 is 1.73 bits per heavy atom. The standard InChI is InChI=1S/C16H25N5O/c1-13-3-5-20(6-4-13)15-11-14(2)17-16(18-15)21-9-7-19(12-22)8-10-21/h11-13H,3-10H2,1-2H3. The van der Waals surface area contributed by atoms with Crippen LogP contribution in [0.5, 0.6) is 0 Å². The van der Waals surface area contributed by atoms with Crippen LogP contribution in [0.3, 0.4) is 0 Å². The zero-order valence-electron chi connectivity index (χ0n) is 13.5. The SMILES string of the molecule is Cc1cc(N2CCC(C)CC2)nc(N2CCN(C=O)CC2)n1. The molecule has 22 heavy (non-hydrogen) atoms. The van der Waals surface area contributed by atoms with Gasteiger partial charge in [-0.05, 0) is 25.7 Å². The first-order valence-corrected chi connectivity index (χ1v) is 8.20. The average molecular weight is 303 g/mol. The second-order valence-electron chi connectivity index (χ2n) is 6.47. The van der Waals surface area contributed by atoms with E-state index in [1.165, 1.54) is 12.8 Å². The lowest BCUT2D eigenvalue weighted by Crippen LogP contribution is -2.46. The maximum Gasteiger partial charge on any atom is 0.227 e. The topological polar surface area (TPSA) is 52.6 Å². The van der Waals surface area contributed by atoms with Crippen molar-refractivity contribution < 1.29 is 4.79 Å². The van der Waals surface area contributed by atoms with Gasteiger partial charge in [-0.2, -0.15) is 4.98 Å². The first-order valence-electron chi connectivity index (χ1n) is 8.20. The molecular formula is C16H25N5O. The lowest BCUT2D eigenvalue weighted by molar-refractivity contribution is -0.118. The fourth-order valence-electron chi connectivity index (χ4n) is 3.11. The van der Waals surface area contributed by atoms with Crippen LogP contribution in [0.4, 0.5) is 11.8 Å². The van der Waals surface area contributed by atoms with Gasteiger partial charge in [0.2, 0.25) is 12.4 Å². The van der Waals surface area contributed by atoms with Gasteiger partial charge in [0.05, 0.1) is 0 Å². The van der Waals surface area contributed by atoms with Crippen LogP contribution >= 0.6 is 0 Å². The summed E-state index contributed by atoms with van der Waals surface area (Å²) in [5.41, 5.74) is 1.01. The van der Waals surface area contributed by atoms with E-state index in [0.717, 1.165) is 69.1 Å². The Morgan fingerprint density at radius 1 is 1.05 bits per heavy atom. The molecule has 0 atom stereocenters.